The quantitative estimate of drug-likeness (QED) is 0.740. The molecule has 0 amide bonds. The van der Waals surface area contributed by atoms with Gasteiger partial charge in [0.15, 0.2) is 0 Å². The average Bonchev–Trinajstić information content (AvgIpc) is 2.13. The van der Waals surface area contributed by atoms with Crippen LogP contribution in [-0.2, 0) is 6.42 Å². The first-order valence-corrected chi connectivity index (χ1v) is 5.17. The predicted octanol–water partition coefficient (Wildman–Crippen LogP) is 2.26. The Bertz CT molecular complexity index is 249. The minimum atomic E-state index is 0.370. The van der Waals surface area contributed by atoms with E-state index in [1.54, 1.807) is 0 Å². The monoisotopic (exact) mass is 192 g/mol. The Morgan fingerprint density at radius 3 is 2.71 bits per heavy atom. The van der Waals surface area contributed by atoms with Crippen molar-refractivity contribution in [1.82, 2.24) is 10.3 Å². The normalized spacial score (nSPS) is 11.6. The van der Waals surface area contributed by atoms with E-state index in [-0.39, 0.29) is 0 Å². The van der Waals surface area contributed by atoms with Crippen LogP contribution in [0.4, 0.5) is 0 Å². The van der Waals surface area contributed by atoms with Gasteiger partial charge in [-0.05, 0) is 30.0 Å². The highest BCUT2D eigenvalue weighted by Gasteiger charge is 2.08. The smallest absolute Gasteiger partial charge is 0.0300 e. The molecule has 78 valence electrons. The van der Waals surface area contributed by atoms with Crippen molar-refractivity contribution in [3.8, 4) is 0 Å². The van der Waals surface area contributed by atoms with Crippen LogP contribution in [0.3, 0.4) is 0 Å². The van der Waals surface area contributed by atoms with Crippen molar-refractivity contribution in [2.24, 2.45) is 5.41 Å². The van der Waals surface area contributed by atoms with Crippen molar-refractivity contribution in [2.45, 2.75) is 27.2 Å². The number of hydrogen-bond acceptors (Lipinski definition) is 2. The molecule has 0 aliphatic heterocycles. The van der Waals surface area contributed by atoms with Crippen molar-refractivity contribution in [1.29, 1.82) is 0 Å². The second-order valence-electron chi connectivity index (χ2n) is 4.85. The second-order valence-corrected chi connectivity index (χ2v) is 4.85. The molecule has 0 atom stereocenters. The van der Waals surface area contributed by atoms with E-state index >= 15 is 0 Å². The van der Waals surface area contributed by atoms with E-state index in [9.17, 15) is 0 Å². The van der Waals surface area contributed by atoms with E-state index < -0.39 is 0 Å². The van der Waals surface area contributed by atoms with Crippen LogP contribution in [0.25, 0.3) is 0 Å². The molecule has 2 heteroatoms. The summed E-state index contributed by atoms with van der Waals surface area (Å²) in [4.78, 5) is 4.08. The first-order valence-electron chi connectivity index (χ1n) is 5.17. The maximum absolute atomic E-state index is 4.08. The number of hydrogen-bond donors (Lipinski definition) is 1. The lowest BCUT2D eigenvalue weighted by molar-refractivity contribution is 0.381. The first kappa shape index (κ1) is 11.2. The summed E-state index contributed by atoms with van der Waals surface area (Å²) in [6.07, 6.45) is 4.80. The highest BCUT2D eigenvalue weighted by molar-refractivity contribution is 5.08. The van der Waals surface area contributed by atoms with Crippen molar-refractivity contribution in [3.63, 3.8) is 0 Å². The fourth-order valence-electron chi connectivity index (χ4n) is 1.24. The summed E-state index contributed by atoms with van der Waals surface area (Å²) < 4.78 is 0. The van der Waals surface area contributed by atoms with Gasteiger partial charge in [-0.15, -0.1) is 0 Å². The second kappa shape index (κ2) is 5.11. The lowest BCUT2D eigenvalue weighted by Crippen LogP contribution is -2.28. The molecule has 0 aliphatic carbocycles. The number of pyridine rings is 1. The van der Waals surface area contributed by atoms with E-state index in [0.717, 1.165) is 19.5 Å². The third-order valence-corrected chi connectivity index (χ3v) is 1.97. The zero-order chi connectivity index (χ0) is 10.4. The van der Waals surface area contributed by atoms with Crippen molar-refractivity contribution < 1.29 is 0 Å². The van der Waals surface area contributed by atoms with Gasteiger partial charge < -0.3 is 5.32 Å². The van der Waals surface area contributed by atoms with Gasteiger partial charge in [0.1, 0.15) is 0 Å². The summed E-state index contributed by atoms with van der Waals surface area (Å²) >= 11 is 0. The zero-order valence-corrected chi connectivity index (χ0v) is 9.38. The molecule has 0 spiro atoms. The van der Waals surface area contributed by atoms with Gasteiger partial charge in [-0.25, -0.2) is 0 Å². The van der Waals surface area contributed by atoms with Crippen molar-refractivity contribution in [2.75, 3.05) is 13.1 Å². The van der Waals surface area contributed by atoms with Gasteiger partial charge in [-0.2, -0.15) is 0 Å². The average molecular weight is 192 g/mol. The van der Waals surface area contributed by atoms with Crippen LogP contribution in [0, 0.1) is 5.41 Å². The standard InChI is InChI=1S/C12H20N2/c1-12(2,3)10-14-8-6-11-5-4-7-13-9-11/h4-5,7,9,14H,6,8,10H2,1-3H3. The Kier molecular flexibility index (Phi) is 4.08. The largest absolute Gasteiger partial charge is 0.316 e. The van der Waals surface area contributed by atoms with E-state index in [0.29, 0.717) is 5.41 Å². The van der Waals surface area contributed by atoms with Gasteiger partial charge in [0, 0.05) is 18.9 Å². The number of nitrogens with one attached hydrogen (secondary N) is 1. The third-order valence-electron chi connectivity index (χ3n) is 1.97. The fourth-order valence-corrected chi connectivity index (χ4v) is 1.24. The van der Waals surface area contributed by atoms with Crippen LogP contribution in [-0.4, -0.2) is 18.1 Å². The Morgan fingerprint density at radius 1 is 1.36 bits per heavy atom. The van der Waals surface area contributed by atoms with Crippen molar-refractivity contribution in [3.05, 3.63) is 30.1 Å². The van der Waals surface area contributed by atoms with Crippen molar-refractivity contribution >= 4 is 0 Å². The molecule has 1 aromatic rings. The summed E-state index contributed by atoms with van der Waals surface area (Å²) in [5.74, 6) is 0. The molecule has 0 bridgehead atoms. The molecule has 2 nitrogen and oxygen atoms in total. The maximum Gasteiger partial charge on any atom is 0.0300 e. The predicted molar refractivity (Wildman–Crippen MR) is 60.3 cm³/mol. The molecule has 1 aromatic heterocycles. The van der Waals surface area contributed by atoms with Crippen LogP contribution in [0.15, 0.2) is 24.5 Å². The summed E-state index contributed by atoms with van der Waals surface area (Å²) in [5.41, 5.74) is 1.67. The summed E-state index contributed by atoms with van der Waals surface area (Å²) in [5, 5.41) is 3.45. The van der Waals surface area contributed by atoms with Crippen LogP contribution in [0.1, 0.15) is 26.3 Å². The van der Waals surface area contributed by atoms with E-state index in [1.165, 1.54) is 5.56 Å². The minimum absolute atomic E-state index is 0.370. The van der Waals surface area contributed by atoms with Gasteiger partial charge in [0.25, 0.3) is 0 Å². The van der Waals surface area contributed by atoms with Gasteiger partial charge in [-0.3, -0.25) is 4.98 Å². The van der Waals surface area contributed by atoms with Gasteiger partial charge in [0.2, 0.25) is 0 Å². The molecule has 1 heterocycles. The van der Waals surface area contributed by atoms with E-state index in [2.05, 4.69) is 37.1 Å². The molecule has 0 radical (unpaired) electrons. The zero-order valence-electron chi connectivity index (χ0n) is 9.38. The summed E-state index contributed by atoms with van der Waals surface area (Å²) in [6.45, 7) is 8.81. The van der Waals surface area contributed by atoms with Crippen LogP contribution < -0.4 is 5.32 Å². The molecular formula is C12H20N2. The molecule has 14 heavy (non-hydrogen) atoms. The molecular weight excluding hydrogens is 172 g/mol. The Labute approximate surface area is 86.8 Å². The molecule has 1 N–H and O–H groups in total. The van der Waals surface area contributed by atoms with Crippen LogP contribution in [0.5, 0.6) is 0 Å². The molecule has 1 rings (SSSR count). The fraction of sp³-hybridized carbons (Fsp3) is 0.583. The first-order chi connectivity index (χ1) is 6.58. The lowest BCUT2D eigenvalue weighted by Gasteiger charge is -2.18. The molecule has 0 aliphatic rings. The molecule has 0 saturated heterocycles. The van der Waals surface area contributed by atoms with Crippen LogP contribution in [0.2, 0.25) is 0 Å². The summed E-state index contributed by atoms with van der Waals surface area (Å²) in [6, 6.07) is 4.10. The highest BCUT2D eigenvalue weighted by Crippen LogP contribution is 2.10. The minimum Gasteiger partial charge on any atom is -0.316 e. The molecule has 0 unspecified atom stereocenters. The van der Waals surface area contributed by atoms with Crippen LogP contribution >= 0.6 is 0 Å². The maximum atomic E-state index is 4.08. The molecule has 0 aromatic carbocycles. The number of aromatic nitrogens is 1. The highest BCUT2D eigenvalue weighted by atomic mass is 14.9. The van der Waals surface area contributed by atoms with E-state index in [1.807, 2.05) is 18.5 Å². The molecule has 0 saturated carbocycles. The Balaban J connectivity index is 2.17. The summed E-state index contributed by atoms with van der Waals surface area (Å²) in [7, 11) is 0. The Hall–Kier alpha value is -0.890. The number of rotatable bonds is 4. The van der Waals surface area contributed by atoms with Gasteiger partial charge in [0.05, 0.1) is 0 Å². The number of nitrogens with zero attached hydrogens (tertiary/aromatic N) is 1. The van der Waals surface area contributed by atoms with Gasteiger partial charge in [-0.1, -0.05) is 26.8 Å². The molecule has 0 fully saturated rings. The van der Waals surface area contributed by atoms with E-state index in [4.69, 9.17) is 0 Å². The Morgan fingerprint density at radius 2 is 2.14 bits per heavy atom. The third kappa shape index (κ3) is 4.97. The van der Waals surface area contributed by atoms with Gasteiger partial charge >= 0.3 is 0 Å². The lowest BCUT2D eigenvalue weighted by atomic mass is 9.97. The SMILES string of the molecule is CC(C)(C)CNCCc1cccnc1. The topological polar surface area (TPSA) is 24.9 Å².